The SMILES string of the molecule is COCCCOC1CCCC(C#N)(NC2CC2)C1. The summed E-state index contributed by atoms with van der Waals surface area (Å²) in [6.07, 6.45) is 7.60. The number of nitrogens with one attached hydrogen (secondary N) is 1. The zero-order chi connectivity index (χ0) is 12.8. The zero-order valence-corrected chi connectivity index (χ0v) is 11.3. The van der Waals surface area contributed by atoms with Crippen molar-refractivity contribution < 1.29 is 9.47 Å². The summed E-state index contributed by atoms with van der Waals surface area (Å²) in [6.45, 7) is 1.49. The summed E-state index contributed by atoms with van der Waals surface area (Å²) in [5, 5.41) is 13.0. The lowest BCUT2D eigenvalue weighted by molar-refractivity contribution is 0.000930. The molecule has 2 rings (SSSR count). The first-order chi connectivity index (χ1) is 8.78. The molecule has 2 saturated carbocycles. The fourth-order valence-corrected chi connectivity index (χ4v) is 2.70. The zero-order valence-electron chi connectivity index (χ0n) is 11.3. The second-order valence-corrected chi connectivity index (χ2v) is 5.55. The molecular weight excluding hydrogens is 228 g/mol. The minimum absolute atomic E-state index is 0.238. The van der Waals surface area contributed by atoms with Crippen LogP contribution in [-0.4, -0.2) is 38.0 Å². The molecule has 0 amide bonds. The van der Waals surface area contributed by atoms with Gasteiger partial charge in [0, 0.05) is 32.8 Å². The Morgan fingerprint density at radius 2 is 2.17 bits per heavy atom. The highest BCUT2D eigenvalue weighted by atomic mass is 16.5. The third kappa shape index (κ3) is 3.94. The van der Waals surface area contributed by atoms with E-state index in [0.717, 1.165) is 45.3 Å². The lowest BCUT2D eigenvalue weighted by Crippen LogP contribution is -2.50. The number of ether oxygens (including phenoxy) is 2. The average molecular weight is 252 g/mol. The van der Waals surface area contributed by atoms with Crippen LogP contribution in [0, 0.1) is 11.3 Å². The van der Waals surface area contributed by atoms with Crippen LogP contribution in [-0.2, 0) is 9.47 Å². The molecule has 102 valence electrons. The smallest absolute Gasteiger partial charge is 0.109 e. The molecule has 18 heavy (non-hydrogen) atoms. The van der Waals surface area contributed by atoms with Crippen LogP contribution in [0.4, 0.5) is 0 Å². The lowest BCUT2D eigenvalue weighted by Gasteiger charge is -2.36. The van der Waals surface area contributed by atoms with E-state index < -0.39 is 0 Å². The van der Waals surface area contributed by atoms with Gasteiger partial charge in [-0.15, -0.1) is 0 Å². The molecule has 4 nitrogen and oxygen atoms in total. The van der Waals surface area contributed by atoms with E-state index in [-0.39, 0.29) is 11.6 Å². The third-order valence-electron chi connectivity index (χ3n) is 3.82. The minimum Gasteiger partial charge on any atom is -0.385 e. The summed E-state index contributed by atoms with van der Waals surface area (Å²) in [4.78, 5) is 0. The molecule has 2 unspecified atom stereocenters. The summed E-state index contributed by atoms with van der Waals surface area (Å²) in [5.74, 6) is 0. The van der Waals surface area contributed by atoms with Crippen LogP contribution in [0.15, 0.2) is 0 Å². The highest BCUT2D eigenvalue weighted by Crippen LogP contribution is 2.33. The van der Waals surface area contributed by atoms with E-state index in [4.69, 9.17) is 9.47 Å². The van der Waals surface area contributed by atoms with Gasteiger partial charge in [-0.1, -0.05) is 0 Å². The Hall–Kier alpha value is -0.630. The van der Waals surface area contributed by atoms with Crippen molar-refractivity contribution in [3.63, 3.8) is 0 Å². The van der Waals surface area contributed by atoms with Gasteiger partial charge in [-0.25, -0.2) is 0 Å². The van der Waals surface area contributed by atoms with Crippen molar-refractivity contribution in [2.24, 2.45) is 0 Å². The van der Waals surface area contributed by atoms with E-state index >= 15 is 0 Å². The third-order valence-corrected chi connectivity index (χ3v) is 3.82. The standard InChI is InChI=1S/C14H24N2O2/c1-17-8-3-9-18-13-4-2-7-14(10-13,11-15)16-12-5-6-12/h12-13,16H,2-10H2,1H3. The van der Waals surface area contributed by atoms with Crippen LogP contribution in [0.2, 0.25) is 0 Å². The fraction of sp³-hybridized carbons (Fsp3) is 0.929. The molecule has 0 aliphatic heterocycles. The molecule has 1 N–H and O–H groups in total. The van der Waals surface area contributed by atoms with E-state index in [1.165, 1.54) is 12.8 Å². The molecular formula is C14H24N2O2. The quantitative estimate of drug-likeness (QED) is 0.704. The Balaban J connectivity index is 1.77. The maximum Gasteiger partial charge on any atom is 0.109 e. The summed E-state index contributed by atoms with van der Waals surface area (Å²) in [6, 6.07) is 3.08. The molecule has 0 heterocycles. The lowest BCUT2D eigenvalue weighted by atomic mass is 9.81. The molecule has 2 aliphatic rings. The fourth-order valence-electron chi connectivity index (χ4n) is 2.70. The molecule has 0 aromatic heterocycles. The minimum atomic E-state index is -0.328. The van der Waals surface area contributed by atoms with Crippen LogP contribution in [0.5, 0.6) is 0 Å². The first-order valence-electron chi connectivity index (χ1n) is 7.07. The molecule has 0 aromatic carbocycles. The Labute approximate surface area is 110 Å². The van der Waals surface area contributed by atoms with Crippen molar-refractivity contribution in [1.82, 2.24) is 5.32 Å². The van der Waals surface area contributed by atoms with Gasteiger partial charge in [-0.2, -0.15) is 5.26 Å². The summed E-state index contributed by atoms with van der Waals surface area (Å²) in [7, 11) is 1.71. The Bertz CT molecular complexity index is 299. The van der Waals surface area contributed by atoms with E-state index in [1.54, 1.807) is 7.11 Å². The Kier molecular flexibility index (Phi) is 4.99. The van der Waals surface area contributed by atoms with E-state index in [0.29, 0.717) is 6.04 Å². The molecule has 2 aliphatic carbocycles. The van der Waals surface area contributed by atoms with Crippen molar-refractivity contribution >= 4 is 0 Å². The number of methoxy groups -OCH3 is 1. The second kappa shape index (κ2) is 6.51. The largest absolute Gasteiger partial charge is 0.385 e. The van der Waals surface area contributed by atoms with Gasteiger partial charge in [0.15, 0.2) is 0 Å². The number of hydrogen-bond acceptors (Lipinski definition) is 4. The molecule has 2 atom stereocenters. The van der Waals surface area contributed by atoms with E-state index in [1.807, 2.05) is 0 Å². The summed E-state index contributed by atoms with van der Waals surface area (Å²) >= 11 is 0. The highest BCUT2D eigenvalue weighted by molar-refractivity contribution is 5.12. The van der Waals surface area contributed by atoms with E-state index in [2.05, 4.69) is 11.4 Å². The number of nitriles is 1. The van der Waals surface area contributed by atoms with Crippen molar-refractivity contribution in [3.8, 4) is 6.07 Å². The van der Waals surface area contributed by atoms with Gasteiger partial charge in [0.05, 0.1) is 12.2 Å². The van der Waals surface area contributed by atoms with Crippen LogP contribution < -0.4 is 5.32 Å². The monoisotopic (exact) mass is 252 g/mol. The van der Waals surface area contributed by atoms with Gasteiger partial charge < -0.3 is 9.47 Å². The maximum atomic E-state index is 9.46. The number of rotatable bonds is 7. The van der Waals surface area contributed by atoms with Crippen molar-refractivity contribution in [2.75, 3.05) is 20.3 Å². The van der Waals surface area contributed by atoms with Gasteiger partial charge >= 0.3 is 0 Å². The predicted molar refractivity (Wildman–Crippen MR) is 69.2 cm³/mol. The molecule has 4 heteroatoms. The molecule has 0 spiro atoms. The van der Waals surface area contributed by atoms with Gasteiger partial charge in [-0.05, 0) is 38.5 Å². The van der Waals surface area contributed by atoms with Crippen LogP contribution in [0.3, 0.4) is 0 Å². The molecule has 0 radical (unpaired) electrons. The van der Waals surface area contributed by atoms with Gasteiger partial charge in [-0.3, -0.25) is 5.32 Å². The Morgan fingerprint density at radius 1 is 1.33 bits per heavy atom. The highest BCUT2D eigenvalue weighted by Gasteiger charge is 2.40. The number of hydrogen-bond donors (Lipinski definition) is 1. The first-order valence-corrected chi connectivity index (χ1v) is 7.07. The van der Waals surface area contributed by atoms with Crippen LogP contribution in [0.25, 0.3) is 0 Å². The van der Waals surface area contributed by atoms with E-state index in [9.17, 15) is 5.26 Å². The predicted octanol–water partition coefficient (Wildman–Crippen LogP) is 2.00. The van der Waals surface area contributed by atoms with Crippen LogP contribution in [0.1, 0.15) is 44.9 Å². The molecule has 0 aromatic rings. The van der Waals surface area contributed by atoms with Crippen molar-refractivity contribution in [3.05, 3.63) is 0 Å². The summed E-state index contributed by atoms with van der Waals surface area (Å²) < 4.78 is 10.9. The first kappa shape index (κ1) is 13.8. The average Bonchev–Trinajstić information content (AvgIpc) is 3.19. The molecule has 2 fully saturated rings. The summed E-state index contributed by atoms with van der Waals surface area (Å²) in [5.41, 5.74) is -0.328. The number of nitrogens with zero attached hydrogens (tertiary/aromatic N) is 1. The van der Waals surface area contributed by atoms with Crippen molar-refractivity contribution in [2.45, 2.75) is 62.6 Å². The molecule has 0 saturated heterocycles. The normalized spacial score (nSPS) is 32.1. The van der Waals surface area contributed by atoms with Crippen molar-refractivity contribution in [1.29, 1.82) is 5.26 Å². The topological polar surface area (TPSA) is 54.3 Å². The van der Waals surface area contributed by atoms with Gasteiger partial charge in [0.1, 0.15) is 5.54 Å². The van der Waals surface area contributed by atoms with Gasteiger partial charge in [0.2, 0.25) is 0 Å². The van der Waals surface area contributed by atoms with Gasteiger partial charge in [0.25, 0.3) is 0 Å². The molecule has 0 bridgehead atoms. The van der Waals surface area contributed by atoms with Crippen LogP contribution >= 0.6 is 0 Å². The second-order valence-electron chi connectivity index (χ2n) is 5.55. The Morgan fingerprint density at radius 3 is 2.83 bits per heavy atom. The maximum absolute atomic E-state index is 9.46.